The van der Waals surface area contributed by atoms with Crippen molar-refractivity contribution in [1.29, 1.82) is 0 Å². The number of anilines is 1. The third kappa shape index (κ3) is 6.90. The van der Waals surface area contributed by atoms with Crippen molar-refractivity contribution >= 4 is 29.0 Å². The van der Waals surface area contributed by atoms with Crippen LogP contribution in [0.4, 0.5) is 5.69 Å². The predicted molar refractivity (Wildman–Crippen MR) is 107 cm³/mol. The van der Waals surface area contributed by atoms with E-state index in [4.69, 9.17) is 21.7 Å². The normalized spacial score (nSPS) is 16.5. The van der Waals surface area contributed by atoms with Gasteiger partial charge in [-0.2, -0.15) is 0 Å². The summed E-state index contributed by atoms with van der Waals surface area (Å²) in [6, 6.07) is 7.15. The van der Waals surface area contributed by atoms with Crippen molar-refractivity contribution in [3.05, 3.63) is 29.8 Å². The van der Waals surface area contributed by atoms with Crippen LogP contribution in [0.3, 0.4) is 0 Å². The highest BCUT2D eigenvalue weighted by Crippen LogP contribution is 2.12. The van der Waals surface area contributed by atoms with Crippen LogP contribution in [0.2, 0.25) is 0 Å². The molecule has 26 heavy (non-hydrogen) atoms. The van der Waals surface area contributed by atoms with Gasteiger partial charge in [0.1, 0.15) is 13.2 Å². The summed E-state index contributed by atoms with van der Waals surface area (Å²) in [6.45, 7) is 9.16. The number of benzene rings is 1. The summed E-state index contributed by atoms with van der Waals surface area (Å²) in [5, 5.41) is 6.83. The smallest absolute Gasteiger partial charge is 0.338 e. The van der Waals surface area contributed by atoms with Crippen LogP contribution in [0.15, 0.2) is 24.3 Å². The Hall–Kier alpha value is -1.70. The first kappa shape index (κ1) is 20.6. The van der Waals surface area contributed by atoms with Gasteiger partial charge in [-0.1, -0.05) is 0 Å². The van der Waals surface area contributed by atoms with E-state index < -0.39 is 0 Å². The molecule has 0 aromatic heterocycles. The van der Waals surface area contributed by atoms with E-state index in [0.29, 0.717) is 23.8 Å². The summed E-state index contributed by atoms with van der Waals surface area (Å²) in [5.74, 6) is -0.290. The first-order valence-electron chi connectivity index (χ1n) is 9.39. The summed E-state index contributed by atoms with van der Waals surface area (Å²) in [5.41, 5.74) is 1.38. The Balaban J connectivity index is 1.72. The van der Waals surface area contributed by atoms with Gasteiger partial charge >= 0.3 is 5.97 Å². The molecule has 1 atom stereocenters. The molecule has 1 fully saturated rings. The second-order valence-corrected chi connectivity index (χ2v) is 6.80. The van der Waals surface area contributed by atoms with Crippen LogP contribution in [-0.4, -0.2) is 56.6 Å². The van der Waals surface area contributed by atoms with Crippen molar-refractivity contribution < 1.29 is 19.2 Å². The van der Waals surface area contributed by atoms with Gasteiger partial charge in [-0.3, -0.25) is 0 Å². The van der Waals surface area contributed by atoms with Crippen molar-refractivity contribution in [2.75, 3.05) is 44.7 Å². The van der Waals surface area contributed by atoms with Crippen molar-refractivity contribution in [1.82, 2.24) is 5.32 Å². The molecule has 1 aliphatic heterocycles. The Morgan fingerprint density at radius 2 is 2.04 bits per heavy atom. The molecule has 2 rings (SSSR count). The van der Waals surface area contributed by atoms with E-state index in [1.54, 1.807) is 12.1 Å². The SMILES string of the molecule is CC[NH+](CC)CCOC(=O)c1ccc(NC(=S)NC[C@@H]2CCCO2)cc1. The van der Waals surface area contributed by atoms with Gasteiger partial charge in [0.05, 0.1) is 24.8 Å². The Bertz CT molecular complexity index is 570. The van der Waals surface area contributed by atoms with Crippen molar-refractivity contribution in [3.8, 4) is 0 Å². The van der Waals surface area contributed by atoms with E-state index in [0.717, 1.165) is 44.8 Å². The van der Waals surface area contributed by atoms with Gasteiger partial charge in [0, 0.05) is 18.8 Å². The third-order valence-corrected chi connectivity index (χ3v) is 4.83. The molecular formula is C19H30N3O3S+. The molecule has 0 bridgehead atoms. The zero-order chi connectivity index (χ0) is 18.8. The topological polar surface area (TPSA) is 64.0 Å². The summed E-state index contributed by atoms with van der Waals surface area (Å²) < 4.78 is 10.9. The Kier molecular flexibility index (Phi) is 8.80. The fraction of sp³-hybridized carbons (Fsp3) is 0.579. The number of carbonyl (C=O) groups excluding carboxylic acids is 1. The molecule has 1 aromatic carbocycles. The van der Waals surface area contributed by atoms with Crippen LogP contribution in [0, 0.1) is 0 Å². The lowest BCUT2D eigenvalue weighted by molar-refractivity contribution is -0.896. The van der Waals surface area contributed by atoms with Gasteiger partial charge in [0.25, 0.3) is 0 Å². The van der Waals surface area contributed by atoms with E-state index in [1.807, 2.05) is 12.1 Å². The summed E-state index contributed by atoms with van der Waals surface area (Å²) in [7, 11) is 0. The van der Waals surface area contributed by atoms with Crippen LogP contribution >= 0.6 is 12.2 Å². The lowest BCUT2D eigenvalue weighted by atomic mass is 10.2. The number of quaternary nitrogens is 1. The standard InChI is InChI=1S/C19H29N3O3S/c1-3-22(4-2)11-13-25-18(23)15-7-9-16(10-8-15)21-19(26)20-14-17-6-5-12-24-17/h7-10,17H,3-6,11-14H2,1-2H3,(H2,20,21,26)/p+1/t17-/m0/s1. The number of thiocarbonyl (C=S) groups is 1. The van der Waals surface area contributed by atoms with Gasteiger partial charge in [0.2, 0.25) is 0 Å². The van der Waals surface area contributed by atoms with Gasteiger partial charge in [-0.15, -0.1) is 0 Å². The number of carbonyl (C=O) groups is 1. The Labute approximate surface area is 161 Å². The summed E-state index contributed by atoms with van der Waals surface area (Å²) >= 11 is 5.29. The number of hydrogen-bond donors (Lipinski definition) is 3. The minimum absolute atomic E-state index is 0.241. The van der Waals surface area contributed by atoms with Crippen molar-refractivity contribution in [2.45, 2.75) is 32.8 Å². The fourth-order valence-electron chi connectivity index (χ4n) is 2.85. The van der Waals surface area contributed by atoms with Crippen molar-refractivity contribution in [3.63, 3.8) is 0 Å². The second-order valence-electron chi connectivity index (χ2n) is 6.39. The zero-order valence-electron chi connectivity index (χ0n) is 15.7. The molecule has 1 heterocycles. The van der Waals surface area contributed by atoms with E-state index in [2.05, 4.69) is 24.5 Å². The molecule has 144 valence electrons. The molecule has 0 amide bonds. The maximum atomic E-state index is 12.1. The zero-order valence-corrected chi connectivity index (χ0v) is 16.5. The minimum atomic E-state index is -0.290. The van der Waals surface area contributed by atoms with Crippen LogP contribution in [0.5, 0.6) is 0 Å². The predicted octanol–water partition coefficient (Wildman–Crippen LogP) is 1.23. The van der Waals surface area contributed by atoms with Crippen LogP contribution in [0.1, 0.15) is 37.0 Å². The lowest BCUT2D eigenvalue weighted by Gasteiger charge is -2.15. The Morgan fingerprint density at radius 3 is 2.65 bits per heavy atom. The number of nitrogens with one attached hydrogen (secondary N) is 3. The molecular weight excluding hydrogens is 350 g/mol. The second kappa shape index (κ2) is 11.1. The molecule has 3 N–H and O–H groups in total. The van der Waals surface area contributed by atoms with Gasteiger partial charge in [0.15, 0.2) is 5.11 Å². The highest BCUT2D eigenvalue weighted by Gasteiger charge is 2.15. The number of likely N-dealkylation sites (N-methyl/N-ethyl adjacent to an activating group) is 1. The number of ether oxygens (including phenoxy) is 2. The van der Waals surface area contributed by atoms with E-state index >= 15 is 0 Å². The molecule has 0 saturated carbocycles. The highest BCUT2D eigenvalue weighted by molar-refractivity contribution is 7.80. The number of hydrogen-bond acceptors (Lipinski definition) is 4. The van der Waals surface area contributed by atoms with Gasteiger partial charge < -0.3 is 25.0 Å². The molecule has 6 nitrogen and oxygen atoms in total. The van der Waals surface area contributed by atoms with E-state index in [9.17, 15) is 4.79 Å². The largest absolute Gasteiger partial charge is 0.456 e. The Morgan fingerprint density at radius 1 is 1.31 bits per heavy atom. The van der Waals surface area contributed by atoms with Crippen molar-refractivity contribution in [2.24, 2.45) is 0 Å². The molecule has 1 aliphatic rings. The van der Waals surface area contributed by atoms with Gasteiger partial charge in [-0.25, -0.2) is 4.79 Å². The first-order chi connectivity index (χ1) is 12.6. The molecule has 1 saturated heterocycles. The molecule has 7 heteroatoms. The van der Waals surface area contributed by atoms with Crippen LogP contribution in [-0.2, 0) is 9.47 Å². The molecule has 0 unspecified atom stereocenters. The molecule has 0 spiro atoms. The highest BCUT2D eigenvalue weighted by atomic mass is 32.1. The minimum Gasteiger partial charge on any atom is -0.456 e. The summed E-state index contributed by atoms with van der Waals surface area (Å²) in [4.78, 5) is 13.5. The summed E-state index contributed by atoms with van der Waals surface area (Å²) in [6.07, 6.45) is 2.42. The first-order valence-corrected chi connectivity index (χ1v) is 9.80. The van der Waals surface area contributed by atoms with Crippen LogP contribution in [0.25, 0.3) is 0 Å². The maximum absolute atomic E-state index is 12.1. The third-order valence-electron chi connectivity index (χ3n) is 4.58. The van der Waals surface area contributed by atoms with Gasteiger partial charge in [-0.05, 0) is 63.2 Å². The quantitative estimate of drug-likeness (QED) is 0.443. The average Bonchev–Trinajstić information content (AvgIpc) is 3.18. The maximum Gasteiger partial charge on any atom is 0.338 e. The number of esters is 1. The molecule has 0 aliphatic carbocycles. The van der Waals surface area contributed by atoms with Crippen LogP contribution < -0.4 is 15.5 Å². The lowest BCUT2D eigenvalue weighted by Crippen LogP contribution is -3.11. The molecule has 0 radical (unpaired) electrons. The molecule has 1 aromatic rings. The van der Waals surface area contributed by atoms with E-state index in [1.165, 1.54) is 4.90 Å². The fourth-order valence-corrected chi connectivity index (χ4v) is 3.05. The monoisotopic (exact) mass is 380 g/mol. The van der Waals surface area contributed by atoms with E-state index in [-0.39, 0.29) is 12.1 Å². The average molecular weight is 381 g/mol. The number of rotatable bonds is 9.